The molecule has 9 nitrogen and oxygen atoms in total. The first-order valence-corrected chi connectivity index (χ1v) is 15.1. The second-order valence-corrected chi connectivity index (χ2v) is 15.4. The van der Waals surface area contributed by atoms with Crippen molar-refractivity contribution in [3.05, 3.63) is 60.7 Å². The minimum atomic E-state index is -2.96. The van der Waals surface area contributed by atoms with Crippen molar-refractivity contribution in [2.45, 2.75) is 81.9 Å². The molecule has 10 heteroatoms. The molecule has 0 saturated carbocycles. The first-order chi connectivity index (χ1) is 18.5. The van der Waals surface area contributed by atoms with Crippen LogP contribution < -0.4 is 10.4 Å². The molecule has 0 bridgehead atoms. The summed E-state index contributed by atoms with van der Waals surface area (Å²) in [6, 6.07) is 20.4. The number of ether oxygens (including phenoxy) is 6. The summed E-state index contributed by atoms with van der Waals surface area (Å²) in [4.78, 5) is 6.12. The van der Waals surface area contributed by atoms with Crippen molar-refractivity contribution >= 4 is 18.7 Å². The van der Waals surface area contributed by atoms with E-state index in [1.807, 2.05) is 36.4 Å². The van der Waals surface area contributed by atoms with Crippen molar-refractivity contribution in [1.29, 1.82) is 0 Å². The third kappa shape index (κ3) is 5.35. The average Bonchev–Trinajstić information content (AvgIpc) is 2.93. The summed E-state index contributed by atoms with van der Waals surface area (Å²) in [5.41, 5.74) is 0. The van der Waals surface area contributed by atoms with E-state index in [0.29, 0.717) is 0 Å². The topological polar surface area (TPSA) is 94.1 Å². The Bertz CT molecular complexity index is 1030. The molecule has 0 aliphatic carbocycles. The van der Waals surface area contributed by atoms with Crippen LogP contribution in [0.25, 0.3) is 0 Å². The lowest BCUT2D eigenvalue weighted by Gasteiger charge is -2.56. The van der Waals surface area contributed by atoms with E-state index in [0.717, 1.165) is 10.4 Å². The van der Waals surface area contributed by atoms with Crippen LogP contribution in [0.3, 0.4) is 0 Å². The maximum atomic E-state index is 11.0. The predicted octanol–water partition coefficient (Wildman–Crippen LogP) is 2.74. The fourth-order valence-corrected chi connectivity index (χ4v) is 9.57. The van der Waals surface area contributed by atoms with Crippen LogP contribution in [0, 0.1) is 0 Å². The Balaban J connectivity index is 1.65. The van der Waals surface area contributed by atoms with Gasteiger partial charge in [0.2, 0.25) is 11.6 Å². The van der Waals surface area contributed by atoms with Gasteiger partial charge in [-0.15, -0.1) is 0 Å². The molecule has 2 aliphatic heterocycles. The van der Waals surface area contributed by atoms with Gasteiger partial charge in [-0.05, 0) is 29.3 Å². The Labute approximate surface area is 232 Å². The van der Waals surface area contributed by atoms with Crippen LogP contribution in [0.1, 0.15) is 34.6 Å². The lowest BCUT2D eigenvalue weighted by atomic mass is 9.94. The van der Waals surface area contributed by atoms with Gasteiger partial charge in [0, 0.05) is 21.3 Å². The monoisotopic (exact) mass is 562 g/mol. The van der Waals surface area contributed by atoms with Crippen molar-refractivity contribution < 1.29 is 43.0 Å². The van der Waals surface area contributed by atoms with Gasteiger partial charge < -0.3 is 33.5 Å². The molecule has 2 heterocycles. The quantitative estimate of drug-likeness (QED) is 0.281. The number of benzene rings is 2. The molecule has 216 valence electrons. The van der Waals surface area contributed by atoms with Crippen molar-refractivity contribution in [3.63, 3.8) is 0 Å². The third-order valence-corrected chi connectivity index (χ3v) is 12.8. The van der Waals surface area contributed by atoms with Crippen molar-refractivity contribution in [2.75, 3.05) is 27.9 Å². The highest BCUT2D eigenvalue weighted by molar-refractivity contribution is 6.99. The summed E-state index contributed by atoms with van der Waals surface area (Å²) in [6.07, 6.45) is -4.41. The Morgan fingerprint density at radius 3 is 1.74 bits per heavy atom. The second kappa shape index (κ2) is 11.7. The van der Waals surface area contributed by atoms with Gasteiger partial charge in [-0.2, -0.15) is 0 Å². The summed E-state index contributed by atoms with van der Waals surface area (Å²) >= 11 is 0. The van der Waals surface area contributed by atoms with Crippen LogP contribution in [0.4, 0.5) is 0 Å². The standard InChI is InChI=1S/C29H42O9Si/c1-27(2,3)39(20-15-11-9-12-16-20,21-17-13-10-14-18-21)38-34-19-22-24-25(23(30)26(31-6)35-22)37-29(5,33-8)28(4,32-7)36-24/h9-18,22-26,30H,19H2,1-8H3/t22-,23+,24-,25-,26-,28+,29+/m1/s1. The molecule has 0 unspecified atom stereocenters. The van der Waals surface area contributed by atoms with Crippen molar-refractivity contribution in [2.24, 2.45) is 0 Å². The first kappa shape index (κ1) is 30.3. The van der Waals surface area contributed by atoms with Crippen LogP contribution in [-0.2, 0) is 37.9 Å². The highest BCUT2D eigenvalue weighted by Crippen LogP contribution is 2.44. The summed E-state index contributed by atoms with van der Waals surface area (Å²) in [6.45, 7) is 9.92. The summed E-state index contributed by atoms with van der Waals surface area (Å²) in [5.74, 6) is -2.58. The zero-order valence-electron chi connectivity index (χ0n) is 24.1. The Kier molecular flexibility index (Phi) is 9.04. The van der Waals surface area contributed by atoms with E-state index in [2.05, 4.69) is 45.0 Å². The normalized spacial score (nSPS) is 33.5. The van der Waals surface area contributed by atoms with Crippen molar-refractivity contribution in [3.8, 4) is 0 Å². The molecule has 1 N–H and O–H groups in total. The highest BCUT2D eigenvalue weighted by Gasteiger charge is 2.62. The largest absolute Gasteiger partial charge is 0.385 e. The van der Waals surface area contributed by atoms with Crippen LogP contribution in [0.5, 0.6) is 0 Å². The zero-order chi connectivity index (χ0) is 28.5. The molecule has 2 saturated heterocycles. The number of hydrogen-bond donors (Lipinski definition) is 1. The molecule has 39 heavy (non-hydrogen) atoms. The van der Waals surface area contributed by atoms with E-state index in [4.69, 9.17) is 37.9 Å². The zero-order valence-corrected chi connectivity index (χ0v) is 25.1. The SMILES string of the molecule is CO[C@@H]1O[C@H](COO[Si](c2ccccc2)(c2ccccc2)C(C)(C)C)[C@H]2O[C@](C)(OC)[C@@](C)(OC)O[C@@H]2[C@@H]1O. The smallest absolute Gasteiger partial charge is 0.305 e. The summed E-state index contributed by atoms with van der Waals surface area (Å²) < 4.78 is 42.1. The molecule has 4 rings (SSSR count). The van der Waals surface area contributed by atoms with Gasteiger partial charge in [0.15, 0.2) is 6.29 Å². The maximum absolute atomic E-state index is 11.0. The third-order valence-electron chi connectivity index (χ3n) is 8.01. The average molecular weight is 563 g/mol. The summed E-state index contributed by atoms with van der Waals surface area (Å²) in [5, 5.41) is 12.9. The van der Waals surface area contributed by atoms with Gasteiger partial charge >= 0.3 is 8.32 Å². The molecule has 2 aromatic carbocycles. The molecular weight excluding hydrogens is 520 g/mol. The van der Waals surface area contributed by atoms with Crippen LogP contribution in [0.15, 0.2) is 60.7 Å². The maximum Gasteiger partial charge on any atom is 0.305 e. The van der Waals surface area contributed by atoms with Crippen LogP contribution >= 0.6 is 0 Å². The van der Waals surface area contributed by atoms with Gasteiger partial charge in [-0.1, -0.05) is 81.4 Å². The van der Waals surface area contributed by atoms with Gasteiger partial charge in [0.25, 0.3) is 0 Å². The Morgan fingerprint density at radius 1 is 0.821 bits per heavy atom. The number of rotatable bonds is 9. The van der Waals surface area contributed by atoms with E-state index in [1.54, 1.807) is 13.8 Å². The molecule has 2 aromatic rings. The Hall–Kier alpha value is -1.70. The Morgan fingerprint density at radius 2 is 1.31 bits per heavy atom. The summed E-state index contributed by atoms with van der Waals surface area (Å²) in [7, 11) is 1.52. The number of aliphatic hydroxyl groups excluding tert-OH is 1. The second-order valence-electron chi connectivity index (χ2n) is 11.3. The van der Waals surface area contributed by atoms with Crippen molar-refractivity contribution in [1.82, 2.24) is 0 Å². The molecule has 7 atom stereocenters. The minimum absolute atomic E-state index is 0.00883. The van der Waals surface area contributed by atoms with Gasteiger partial charge in [-0.3, -0.25) is 4.58 Å². The number of fused-ring (bicyclic) bond motifs is 1. The van der Waals surface area contributed by atoms with Gasteiger partial charge in [-0.25, -0.2) is 4.89 Å². The van der Waals surface area contributed by atoms with E-state index in [-0.39, 0.29) is 11.6 Å². The molecule has 0 amide bonds. The lowest BCUT2D eigenvalue weighted by molar-refractivity contribution is -0.481. The fraction of sp³-hybridized carbons (Fsp3) is 0.586. The van der Waals surface area contributed by atoms with Crippen LogP contribution in [0.2, 0.25) is 5.04 Å². The minimum Gasteiger partial charge on any atom is -0.385 e. The fourth-order valence-electron chi connectivity index (χ4n) is 5.49. The van der Waals surface area contributed by atoms with Gasteiger partial charge in [0.05, 0.1) is 0 Å². The number of methoxy groups -OCH3 is 3. The molecule has 0 aromatic heterocycles. The van der Waals surface area contributed by atoms with E-state index < -0.39 is 50.6 Å². The molecule has 0 spiro atoms. The first-order valence-electron chi connectivity index (χ1n) is 13.2. The van der Waals surface area contributed by atoms with E-state index in [1.165, 1.54) is 21.3 Å². The predicted molar refractivity (Wildman–Crippen MR) is 147 cm³/mol. The van der Waals surface area contributed by atoms with Gasteiger partial charge in [0.1, 0.15) is 31.0 Å². The molecule has 2 fully saturated rings. The number of hydrogen-bond acceptors (Lipinski definition) is 9. The van der Waals surface area contributed by atoms with E-state index >= 15 is 0 Å². The van der Waals surface area contributed by atoms with E-state index in [9.17, 15) is 5.11 Å². The lowest BCUT2D eigenvalue weighted by Crippen LogP contribution is -2.73. The van der Waals surface area contributed by atoms with Crippen LogP contribution in [-0.4, -0.2) is 83.6 Å². The molecule has 2 aliphatic rings. The highest BCUT2D eigenvalue weighted by atomic mass is 28.4. The molecule has 0 radical (unpaired) electrons. The molecular formula is C29H42O9Si. The number of aliphatic hydroxyl groups is 1.